The highest BCUT2D eigenvalue weighted by molar-refractivity contribution is 7.92. The van der Waals surface area contributed by atoms with E-state index in [0.717, 1.165) is 21.5 Å². The van der Waals surface area contributed by atoms with Crippen molar-refractivity contribution in [3.63, 3.8) is 0 Å². The van der Waals surface area contributed by atoms with Gasteiger partial charge in [-0.2, -0.15) is 13.2 Å². The van der Waals surface area contributed by atoms with E-state index in [0.29, 0.717) is 11.8 Å². The zero-order valence-electron chi connectivity index (χ0n) is 20.3. The zero-order chi connectivity index (χ0) is 27.5. The maximum Gasteiger partial charge on any atom is 0.418 e. The molecule has 0 saturated carbocycles. The minimum Gasteiger partial charge on any atom is -0.493 e. The molecule has 0 atom stereocenters. The molecule has 3 aromatic rings. The summed E-state index contributed by atoms with van der Waals surface area (Å²) in [4.78, 5) is 12.8. The second-order valence-electron chi connectivity index (χ2n) is 8.11. The number of aryl methyl sites for hydroxylation is 2. The fourth-order valence-corrected chi connectivity index (χ4v) is 5.29. The molecule has 0 heterocycles. The van der Waals surface area contributed by atoms with Gasteiger partial charge in [-0.25, -0.2) is 8.42 Å². The Hall–Kier alpha value is -3.44. The Morgan fingerprint density at radius 3 is 2.14 bits per heavy atom. The van der Waals surface area contributed by atoms with Crippen LogP contribution in [0.1, 0.15) is 16.7 Å². The first-order chi connectivity index (χ1) is 17.3. The van der Waals surface area contributed by atoms with Crippen molar-refractivity contribution in [2.75, 3.05) is 30.4 Å². The first-order valence-electron chi connectivity index (χ1n) is 10.8. The third-order valence-corrected chi connectivity index (χ3v) is 7.29. The Balaban J connectivity index is 2.06. The van der Waals surface area contributed by atoms with E-state index in [1.165, 1.54) is 38.5 Å². The molecular weight excluding hydrogens is 533 g/mol. The van der Waals surface area contributed by atoms with Crippen molar-refractivity contribution in [3.05, 3.63) is 76.3 Å². The summed E-state index contributed by atoms with van der Waals surface area (Å²) in [6.45, 7) is 2.70. The number of carbonyl (C=O) groups is 1. The van der Waals surface area contributed by atoms with Crippen LogP contribution in [0.4, 0.5) is 24.5 Å². The Bertz CT molecular complexity index is 1410. The fraction of sp³-hybridized carbons (Fsp3) is 0.240. The minimum absolute atomic E-state index is 0.143. The van der Waals surface area contributed by atoms with Gasteiger partial charge in [0.2, 0.25) is 5.91 Å². The SMILES string of the molecule is COc1ccc(S(=O)(=O)N(CC(=O)Nc2ccc(Cl)cc2C(F)(F)F)c2cc(C)cc(C)c2)cc1OC. The highest BCUT2D eigenvalue weighted by atomic mass is 35.5. The molecule has 37 heavy (non-hydrogen) atoms. The van der Waals surface area contributed by atoms with Gasteiger partial charge in [0.05, 0.1) is 36.1 Å². The molecular formula is C25H24ClF3N2O5S. The second kappa shape index (κ2) is 10.9. The monoisotopic (exact) mass is 556 g/mol. The number of hydrogen-bond acceptors (Lipinski definition) is 5. The molecule has 0 radical (unpaired) electrons. The average Bonchev–Trinajstić information content (AvgIpc) is 2.81. The summed E-state index contributed by atoms with van der Waals surface area (Å²) < 4.78 is 79.2. The number of amides is 1. The Kier molecular flexibility index (Phi) is 8.28. The van der Waals surface area contributed by atoms with Crippen molar-refractivity contribution >= 4 is 38.9 Å². The number of nitrogens with zero attached hydrogens (tertiary/aromatic N) is 1. The number of anilines is 2. The predicted molar refractivity (Wildman–Crippen MR) is 135 cm³/mol. The first-order valence-corrected chi connectivity index (χ1v) is 12.6. The molecule has 0 fully saturated rings. The summed E-state index contributed by atoms with van der Waals surface area (Å²) >= 11 is 5.71. The van der Waals surface area contributed by atoms with Gasteiger partial charge in [0.15, 0.2) is 11.5 Å². The number of methoxy groups -OCH3 is 2. The summed E-state index contributed by atoms with van der Waals surface area (Å²) in [6, 6.07) is 11.7. The van der Waals surface area contributed by atoms with E-state index in [1.54, 1.807) is 26.0 Å². The van der Waals surface area contributed by atoms with Gasteiger partial charge in [-0.05, 0) is 67.4 Å². The number of alkyl halides is 3. The van der Waals surface area contributed by atoms with Crippen molar-refractivity contribution in [1.82, 2.24) is 0 Å². The van der Waals surface area contributed by atoms with Crippen LogP contribution in [-0.4, -0.2) is 35.1 Å². The average molecular weight is 557 g/mol. The Morgan fingerprint density at radius 1 is 0.946 bits per heavy atom. The fourth-order valence-electron chi connectivity index (χ4n) is 3.69. The van der Waals surface area contributed by atoms with Crippen LogP contribution < -0.4 is 19.1 Å². The van der Waals surface area contributed by atoms with Crippen LogP contribution in [0.2, 0.25) is 5.02 Å². The van der Waals surface area contributed by atoms with E-state index in [2.05, 4.69) is 5.32 Å². The second-order valence-corrected chi connectivity index (χ2v) is 10.4. The van der Waals surface area contributed by atoms with Crippen LogP contribution >= 0.6 is 11.6 Å². The number of hydrogen-bond donors (Lipinski definition) is 1. The van der Waals surface area contributed by atoms with Gasteiger partial charge in [-0.15, -0.1) is 0 Å². The van der Waals surface area contributed by atoms with Crippen LogP contribution in [0.5, 0.6) is 11.5 Å². The van der Waals surface area contributed by atoms with Crippen LogP contribution in [-0.2, 0) is 21.0 Å². The molecule has 12 heteroatoms. The Labute approximate surface area is 217 Å². The smallest absolute Gasteiger partial charge is 0.418 e. The van der Waals surface area contributed by atoms with E-state index in [4.69, 9.17) is 21.1 Å². The predicted octanol–water partition coefficient (Wildman–Crippen LogP) is 5.83. The first kappa shape index (κ1) is 28.1. The molecule has 0 aliphatic rings. The van der Waals surface area contributed by atoms with E-state index in [1.807, 2.05) is 6.07 Å². The van der Waals surface area contributed by atoms with E-state index in [9.17, 15) is 26.4 Å². The van der Waals surface area contributed by atoms with Gasteiger partial charge in [-0.3, -0.25) is 9.10 Å². The molecule has 3 rings (SSSR count). The van der Waals surface area contributed by atoms with Gasteiger partial charge in [0, 0.05) is 11.1 Å². The summed E-state index contributed by atoms with van der Waals surface area (Å²) in [5.74, 6) is -0.556. The molecule has 0 bridgehead atoms. The van der Waals surface area contributed by atoms with Crippen LogP contribution in [0.25, 0.3) is 0 Å². The topological polar surface area (TPSA) is 84.9 Å². The molecule has 0 aliphatic heterocycles. The highest BCUT2D eigenvalue weighted by Gasteiger charge is 2.35. The third kappa shape index (κ3) is 6.47. The number of sulfonamides is 1. The van der Waals surface area contributed by atoms with Crippen molar-refractivity contribution in [2.45, 2.75) is 24.9 Å². The lowest BCUT2D eigenvalue weighted by Crippen LogP contribution is -2.38. The van der Waals surface area contributed by atoms with Crippen LogP contribution in [0, 0.1) is 13.8 Å². The number of nitrogens with one attached hydrogen (secondary N) is 1. The lowest BCUT2D eigenvalue weighted by atomic mass is 10.1. The van der Waals surface area contributed by atoms with Crippen LogP contribution in [0.3, 0.4) is 0 Å². The lowest BCUT2D eigenvalue weighted by molar-refractivity contribution is -0.137. The number of carbonyl (C=O) groups excluding carboxylic acids is 1. The van der Waals surface area contributed by atoms with E-state index < -0.39 is 39.9 Å². The molecule has 0 spiro atoms. The minimum atomic E-state index is -4.80. The van der Waals surface area contributed by atoms with Gasteiger partial charge >= 0.3 is 6.18 Å². The molecule has 3 aromatic carbocycles. The number of rotatable bonds is 8. The number of benzene rings is 3. The summed E-state index contributed by atoms with van der Waals surface area (Å²) in [5.41, 5.74) is -0.102. The standard InChI is InChI=1S/C25H24ClF3N2O5S/c1-15-9-16(2)11-18(10-15)31(37(33,34)19-6-8-22(35-3)23(13-19)36-4)14-24(32)30-21-7-5-17(26)12-20(21)25(27,28)29/h5-13H,14H2,1-4H3,(H,30,32). The zero-order valence-corrected chi connectivity index (χ0v) is 21.9. The maximum absolute atomic E-state index is 13.7. The molecule has 0 aliphatic carbocycles. The lowest BCUT2D eigenvalue weighted by Gasteiger charge is -2.25. The molecule has 0 saturated heterocycles. The van der Waals surface area contributed by atoms with Crippen molar-refractivity contribution in [2.24, 2.45) is 0 Å². The van der Waals surface area contributed by atoms with Gasteiger partial charge in [0.1, 0.15) is 6.54 Å². The summed E-state index contributed by atoms with van der Waals surface area (Å²) in [5, 5.41) is 2.00. The van der Waals surface area contributed by atoms with E-state index >= 15 is 0 Å². The molecule has 198 valence electrons. The third-order valence-electron chi connectivity index (χ3n) is 5.29. The maximum atomic E-state index is 13.7. The van der Waals surface area contributed by atoms with Crippen molar-refractivity contribution < 1.29 is 35.9 Å². The number of ether oxygens (including phenoxy) is 2. The molecule has 1 N–H and O–H groups in total. The molecule has 0 aromatic heterocycles. The normalized spacial score (nSPS) is 11.7. The van der Waals surface area contributed by atoms with Gasteiger partial charge < -0.3 is 14.8 Å². The summed E-state index contributed by atoms with van der Waals surface area (Å²) in [6.07, 6.45) is -4.80. The molecule has 0 unspecified atom stereocenters. The van der Waals surface area contributed by atoms with Gasteiger partial charge in [-0.1, -0.05) is 17.7 Å². The highest BCUT2D eigenvalue weighted by Crippen LogP contribution is 2.37. The molecule has 7 nitrogen and oxygen atoms in total. The Morgan fingerprint density at radius 2 is 1.57 bits per heavy atom. The number of halogens is 4. The van der Waals surface area contributed by atoms with Crippen molar-refractivity contribution in [1.29, 1.82) is 0 Å². The van der Waals surface area contributed by atoms with Crippen LogP contribution in [0.15, 0.2) is 59.5 Å². The van der Waals surface area contributed by atoms with E-state index in [-0.39, 0.29) is 21.4 Å². The largest absolute Gasteiger partial charge is 0.493 e. The summed E-state index contributed by atoms with van der Waals surface area (Å²) in [7, 11) is -1.65. The molecule has 1 amide bonds. The van der Waals surface area contributed by atoms with Gasteiger partial charge in [0.25, 0.3) is 10.0 Å². The quantitative estimate of drug-likeness (QED) is 0.377. The van der Waals surface area contributed by atoms with Crippen molar-refractivity contribution in [3.8, 4) is 11.5 Å².